The molecule has 7 aliphatic heterocycles. The fourth-order valence-electron chi connectivity index (χ4n) is 14.0. The van der Waals surface area contributed by atoms with Gasteiger partial charge in [0, 0.05) is 84.3 Å². The maximum absolute atomic E-state index is 16.9. The maximum Gasteiger partial charge on any atom is 0.319 e. The fourth-order valence-corrected chi connectivity index (χ4v) is 14.0. The van der Waals surface area contributed by atoms with Gasteiger partial charge in [0.2, 0.25) is 18.2 Å². The molecule has 1 aromatic carbocycles. The van der Waals surface area contributed by atoms with E-state index in [1.165, 1.54) is 19.0 Å². The van der Waals surface area contributed by atoms with Crippen LogP contribution in [-0.4, -0.2) is 157 Å². The van der Waals surface area contributed by atoms with Crippen molar-refractivity contribution in [3.05, 3.63) is 52.3 Å². The highest BCUT2D eigenvalue weighted by Gasteiger charge is 2.45. The summed E-state index contributed by atoms with van der Waals surface area (Å²) in [5.74, 6) is -0.0102. The Morgan fingerprint density at radius 2 is 1.63 bits per heavy atom. The Bertz CT molecular complexity index is 2890. The summed E-state index contributed by atoms with van der Waals surface area (Å²) in [6.45, 7) is 10.2. The van der Waals surface area contributed by atoms with Gasteiger partial charge < -0.3 is 44.7 Å². The molecule has 1 aliphatic carbocycles. The number of benzene rings is 1. The summed E-state index contributed by atoms with van der Waals surface area (Å²) in [6, 6.07) is 3.90. The highest BCUT2D eigenvalue weighted by atomic mass is 19.1. The van der Waals surface area contributed by atoms with Crippen molar-refractivity contribution in [1.82, 2.24) is 35.1 Å². The number of phenolic OH excluding ortho intramolecular Hbond substituents is 1. The number of rotatable bonds is 11. The number of carbonyl (C=O) groups excluding carboxylic acids is 3. The summed E-state index contributed by atoms with van der Waals surface area (Å²) in [6.07, 6.45) is 18.0. The minimum Gasteiger partial charge on any atom is -0.508 e. The third kappa shape index (κ3) is 11.7. The first-order valence-electron chi connectivity index (χ1n) is 28.9. The van der Waals surface area contributed by atoms with Crippen molar-refractivity contribution in [1.29, 1.82) is 5.41 Å². The molecule has 6 fully saturated rings. The molecule has 0 spiro atoms. The van der Waals surface area contributed by atoms with Crippen molar-refractivity contribution < 1.29 is 42.5 Å². The van der Waals surface area contributed by atoms with Gasteiger partial charge in [-0.15, -0.1) is 0 Å². The van der Waals surface area contributed by atoms with E-state index < -0.39 is 23.5 Å². The van der Waals surface area contributed by atoms with Gasteiger partial charge in [-0.1, -0.05) is 6.92 Å². The molecule has 6 saturated heterocycles. The summed E-state index contributed by atoms with van der Waals surface area (Å²) in [4.78, 5) is 62.4. The standard InChI is InChI=1S/C33H40FN5O3.C24H33FN6O3.C2H6O/c1-20-6-2-7-21-16-23(40)17-24(26(20)21)29-28(34)30-27-25(35-29)9-8-22-18-41-15-5-14-39(22)31(27)37-32(36-30)42-19-33-10-3-12-38(33)13-4-11-33;1-27-22-18(21(26)17-2-3-19(33)29-24(17)34)13-28-23(20(22)25)31-10-6-16(7-11-31)12-15-4-8-30(14-32)9-5-15;1-3-2/h16-17,20,22,40H,2-15,18-19H2,1H3;13-17,26H,2-12H2,1H3,(H,27,28)(H,29,33,34);1-2H3. The molecule has 20 heteroatoms. The minimum atomic E-state index is -0.800. The van der Waals surface area contributed by atoms with Crippen LogP contribution in [0.2, 0.25) is 0 Å². The lowest BCUT2D eigenvalue weighted by Gasteiger charge is -2.36. The molecule has 3 unspecified atom stereocenters. The van der Waals surface area contributed by atoms with E-state index in [0.29, 0.717) is 49.0 Å². The minimum absolute atomic E-state index is 0.0355. The predicted octanol–water partition coefficient (Wildman–Crippen LogP) is 7.95. The molecule has 4 aromatic rings. The van der Waals surface area contributed by atoms with Gasteiger partial charge in [0.05, 0.1) is 46.6 Å². The largest absolute Gasteiger partial charge is 0.508 e. The number of nitrogens with zero attached hydrogens (tertiary/aromatic N) is 8. The van der Waals surface area contributed by atoms with Crippen molar-refractivity contribution in [2.24, 2.45) is 17.8 Å². The molecule has 3 atom stereocenters. The number of fused-ring (bicyclic) bond motifs is 4. The third-order valence-corrected chi connectivity index (χ3v) is 18.1. The van der Waals surface area contributed by atoms with Crippen LogP contribution in [0.5, 0.6) is 11.8 Å². The van der Waals surface area contributed by atoms with Crippen molar-refractivity contribution in [2.75, 3.05) is 102 Å². The average Bonchev–Trinajstić information content (AvgIpc) is 4.15. The van der Waals surface area contributed by atoms with Crippen LogP contribution in [0, 0.1) is 34.8 Å². The molecular weight excluding hydrogens is 1010 g/mol. The van der Waals surface area contributed by atoms with E-state index in [1.807, 2.05) is 15.9 Å². The zero-order valence-electron chi connectivity index (χ0n) is 46.5. The van der Waals surface area contributed by atoms with Crippen LogP contribution >= 0.6 is 0 Å². The fraction of sp³-hybridized carbons (Fsp3) is 0.627. The zero-order valence-corrected chi connectivity index (χ0v) is 46.5. The van der Waals surface area contributed by atoms with Crippen molar-refractivity contribution >= 4 is 52.2 Å². The number of imide groups is 1. The number of anilines is 3. The van der Waals surface area contributed by atoms with Crippen LogP contribution in [0.15, 0.2) is 18.3 Å². The Labute approximate surface area is 462 Å². The molecule has 0 radical (unpaired) electrons. The number of amides is 3. The number of pyridine rings is 2. The highest BCUT2D eigenvalue weighted by molar-refractivity contribution is 6.17. The quantitative estimate of drug-likeness (QED) is 0.0638. The second-order valence-corrected chi connectivity index (χ2v) is 23.2. The molecule has 8 aliphatic rings. The van der Waals surface area contributed by atoms with Gasteiger partial charge in [0.25, 0.3) is 0 Å². The van der Waals surface area contributed by atoms with E-state index >= 15 is 8.78 Å². The molecule has 0 bridgehead atoms. The van der Waals surface area contributed by atoms with E-state index in [0.717, 1.165) is 152 Å². The van der Waals surface area contributed by atoms with E-state index in [-0.39, 0.29) is 82.0 Å². The number of methoxy groups -OCH3 is 1. The first kappa shape index (κ1) is 56.2. The maximum atomic E-state index is 16.9. The van der Waals surface area contributed by atoms with Gasteiger partial charge in [0.15, 0.2) is 17.5 Å². The summed E-state index contributed by atoms with van der Waals surface area (Å²) in [5, 5.41) is 25.0. The first-order valence-corrected chi connectivity index (χ1v) is 28.9. The number of aryl methyl sites for hydroxylation is 2. The molecule has 0 saturated carbocycles. The van der Waals surface area contributed by atoms with Crippen LogP contribution in [-0.2, 0) is 36.7 Å². The van der Waals surface area contributed by atoms with Gasteiger partial charge in [-0.25, -0.2) is 18.7 Å². The van der Waals surface area contributed by atoms with Crippen LogP contribution in [0.4, 0.5) is 26.1 Å². The molecule has 3 amide bonds. The van der Waals surface area contributed by atoms with E-state index in [9.17, 15) is 19.5 Å². The molecule has 79 heavy (non-hydrogen) atoms. The lowest BCUT2D eigenvalue weighted by molar-refractivity contribution is -0.134. The highest BCUT2D eigenvalue weighted by Crippen LogP contribution is 2.45. The summed E-state index contributed by atoms with van der Waals surface area (Å²) in [5.41, 5.74) is 4.63. The van der Waals surface area contributed by atoms with Gasteiger partial charge >= 0.3 is 6.01 Å². The smallest absolute Gasteiger partial charge is 0.319 e. The van der Waals surface area contributed by atoms with E-state index in [2.05, 4.69) is 37.1 Å². The second-order valence-electron chi connectivity index (χ2n) is 23.2. The van der Waals surface area contributed by atoms with Gasteiger partial charge in [0.1, 0.15) is 29.4 Å². The summed E-state index contributed by atoms with van der Waals surface area (Å²) >= 11 is 0. The Morgan fingerprint density at radius 3 is 2.34 bits per heavy atom. The Kier molecular flexibility index (Phi) is 17.6. The van der Waals surface area contributed by atoms with Crippen LogP contribution < -0.4 is 25.2 Å². The molecule has 12 rings (SSSR count). The second kappa shape index (κ2) is 24.7. The van der Waals surface area contributed by atoms with Gasteiger partial charge in [-0.3, -0.25) is 24.6 Å². The third-order valence-electron chi connectivity index (χ3n) is 18.1. The number of ether oxygens (including phenoxy) is 3. The number of phenols is 1. The normalized spacial score (nSPS) is 23.2. The van der Waals surface area contributed by atoms with Crippen molar-refractivity contribution in [3.8, 4) is 23.0 Å². The van der Waals surface area contributed by atoms with Gasteiger partial charge in [-0.05, 0) is 157 Å². The number of nitrogens with one attached hydrogen (secondary N) is 3. The number of halogens is 2. The molecule has 426 valence electrons. The average molecular weight is 1090 g/mol. The zero-order chi connectivity index (χ0) is 55.4. The lowest BCUT2D eigenvalue weighted by Crippen LogP contribution is -2.44. The van der Waals surface area contributed by atoms with Crippen LogP contribution in [0.25, 0.3) is 22.2 Å². The molecule has 10 heterocycles. The van der Waals surface area contributed by atoms with Crippen LogP contribution in [0.3, 0.4) is 0 Å². The number of aromatic hydroxyl groups is 1. The number of carbonyl (C=O) groups is 3. The summed E-state index contributed by atoms with van der Waals surface area (Å²) in [7, 11) is 4.84. The Morgan fingerprint density at radius 1 is 0.899 bits per heavy atom. The number of piperidine rings is 3. The van der Waals surface area contributed by atoms with E-state index in [4.69, 9.17) is 29.8 Å². The number of likely N-dealkylation sites (tertiary alicyclic amines) is 1. The van der Waals surface area contributed by atoms with E-state index in [1.54, 1.807) is 27.3 Å². The molecule has 3 aromatic heterocycles. The SMILES string of the molecule is CC1CCCc2cc(O)cc(-c3nc4c5c(nc(OCC67CCCN6CCC7)nc5c3F)N3CCCOCC3CC4)c21.CNc1c(C(=N)C2CCC(=O)NC2=O)cnc(N2CCC(CC3CCN(C=O)CC3)CC2)c1F.COC. The predicted molar refractivity (Wildman–Crippen MR) is 298 cm³/mol. The lowest BCUT2D eigenvalue weighted by atomic mass is 9.80. The summed E-state index contributed by atoms with van der Waals surface area (Å²) < 4.78 is 49.1. The Hall–Kier alpha value is -6.12. The topological polar surface area (TPSA) is 212 Å². The monoisotopic (exact) mass is 1090 g/mol. The number of hydrogen-bond acceptors (Lipinski definition) is 16. The van der Waals surface area contributed by atoms with Crippen molar-refractivity contribution in [2.45, 2.75) is 134 Å². The first-order chi connectivity index (χ1) is 38.3. The van der Waals surface area contributed by atoms with Crippen molar-refractivity contribution in [3.63, 3.8) is 0 Å². The molecular formula is C59H79F2N11O7. The Balaban J connectivity index is 0.000000174. The van der Waals surface area contributed by atoms with Gasteiger partial charge in [-0.2, -0.15) is 9.97 Å². The van der Waals surface area contributed by atoms with Crippen LogP contribution in [0.1, 0.15) is 132 Å². The number of aromatic nitrogens is 4. The molecule has 4 N–H and O–H groups in total. The number of hydrogen-bond donors (Lipinski definition) is 4. The molecule has 18 nitrogen and oxygen atoms in total.